The van der Waals surface area contributed by atoms with Crippen LogP contribution in [0.5, 0.6) is 0 Å². The first-order chi connectivity index (χ1) is 5.07. The van der Waals surface area contributed by atoms with Crippen LogP contribution in [-0.2, 0) is 0 Å². The van der Waals surface area contributed by atoms with Crippen molar-refractivity contribution in [1.82, 2.24) is 0 Å². The summed E-state index contributed by atoms with van der Waals surface area (Å²) in [7, 11) is 0. The van der Waals surface area contributed by atoms with Gasteiger partial charge in [0.05, 0.1) is 0 Å². The maximum atomic E-state index is 2.34. The molecule has 0 nitrogen and oxygen atoms in total. The zero-order valence-corrected chi connectivity index (χ0v) is 8.85. The van der Waals surface area contributed by atoms with Gasteiger partial charge in [0.15, 0.2) is 0 Å². The molecule has 0 unspecified atom stereocenters. The predicted octanol–water partition coefficient (Wildman–Crippen LogP) is 4.10. The van der Waals surface area contributed by atoms with E-state index in [0.717, 1.165) is 17.8 Å². The molecule has 0 saturated carbocycles. The molecule has 0 bridgehead atoms. The summed E-state index contributed by atoms with van der Waals surface area (Å²) in [6.07, 6.45) is 4.17. The topological polar surface area (TPSA) is 0 Å². The largest absolute Gasteiger partial charge is 0.0651 e. The minimum Gasteiger partial charge on any atom is -0.0651 e. The van der Waals surface area contributed by atoms with E-state index in [1.165, 1.54) is 19.3 Å². The molecule has 0 heterocycles. The first-order valence-electron chi connectivity index (χ1n) is 5.07. The predicted molar refractivity (Wildman–Crippen MR) is 52.7 cm³/mol. The van der Waals surface area contributed by atoms with E-state index in [4.69, 9.17) is 0 Å². The van der Waals surface area contributed by atoms with Crippen LogP contribution in [0.3, 0.4) is 0 Å². The molecular formula is C11H24. The third-order valence-corrected chi connectivity index (χ3v) is 2.58. The maximum absolute atomic E-state index is 2.34. The molecule has 0 spiro atoms. The molecule has 0 aliphatic rings. The van der Waals surface area contributed by atoms with E-state index in [1.54, 1.807) is 0 Å². The summed E-state index contributed by atoms with van der Waals surface area (Å²) in [6.45, 7) is 11.6. The molecule has 0 radical (unpaired) electrons. The molecule has 0 aromatic heterocycles. The molecule has 11 heavy (non-hydrogen) atoms. The average molecular weight is 156 g/mol. The van der Waals surface area contributed by atoms with Crippen molar-refractivity contribution in [3.05, 3.63) is 0 Å². The summed E-state index contributed by atoms with van der Waals surface area (Å²) < 4.78 is 0. The second-order valence-corrected chi connectivity index (χ2v) is 4.38. The van der Waals surface area contributed by atoms with Gasteiger partial charge in [0.1, 0.15) is 0 Å². The molecule has 0 amide bonds. The van der Waals surface area contributed by atoms with Gasteiger partial charge in [-0.25, -0.2) is 0 Å². The Hall–Kier alpha value is 0. The highest BCUT2D eigenvalue weighted by molar-refractivity contribution is 4.62. The van der Waals surface area contributed by atoms with Crippen molar-refractivity contribution >= 4 is 0 Å². The van der Waals surface area contributed by atoms with Crippen molar-refractivity contribution in [3.8, 4) is 0 Å². The van der Waals surface area contributed by atoms with Crippen molar-refractivity contribution in [3.63, 3.8) is 0 Å². The zero-order chi connectivity index (χ0) is 8.85. The van der Waals surface area contributed by atoms with Crippen LogP contribution in [-0.4, -0.2) is 0 Å². The molecule has 0 N–H and O–H groups in total. The van der Waals surface area contributed by atoms with Crippen LogP contribution in [0.4, 0.5) is 0 Å². The Kier molecular flexibility index (Phi) is 5.62. The second kappa shape index (κ2) is 5.62. The summed E-state index contributed by atoms with van der Waals surface area (Å²) in [5.74, 6) is 2.71. The Bertz CT molecular complexity index is 82.0. The quantitative estimate of drug-likeness (QED) is 0.562. The summed E-state index contributed by atoms with van der Waals surface area (Å²) in [4.78, 5) is 0. The van der Waals surface area contributed by atoms with E-state index in [-0.39, 0.29) is 0 Å². The van der Waals surface area contributed by atoms with Crippen molar-refractivity contribution < 1.29 is 0 Å². The fourth-order valence-electron chi connectivity index (χ4n) is 1.56. The molecule has 0 aliphatic heterocycles. The summed E-state index contributed by atoms with van der Waals surface area (Å²) >= 11 is 0. The van der Waals surface area contributed by atoms with Crippen LogP contribution in [0, 0.1) is 17.8 Å². The minimum atomic E-state index is 0.874. The van der Waals surface area contributed by atoms with Gasteiger partial charge in [-0.1, -0.05) is 47.5 Å². The van der Waals surface area contributed by atoms with Crippen molar-refractivity contribution in [2.75, 3.05) is 0 Å². The zero-order valence-electron chi connectivity index (χ0n) is 8.85. The number of rotatable bonds is 5. The SMILES string of the molecule is CC[C@H](CCC(C)C)C(C)C. The first-order valence-corrected chi connectivity index (χ1v) is 5.07. The van der Waals surface area contributed by atoms with Gasteiger partial charge in [-0.3, -0.25) is 0 Å². The lowest BCUT2D eigenvalue weighted by Gasteiger charge is -2.19. The first kappa shape index (κ1) is 11.0. The van der Waals surface area contributed by atoms with Crippen LogP contribution in [0.15, 0.2) is 0 Å². The Balaban J connectivity index is 3.52. The van der Waals surface area contributed by atoms with E-state index >= 15 is 0 Å². The monoisotopic (exact) mass is 156 g/mol. The normalized spacial score (nSPS) is 14.5. The molecule has 0 aromatic carbocycles. The molecule has 68 valence electrons. The van der Waals surface area contributed by atoms with Crippen LogP contribution in [0.25, 0.3) is 0 Å². The standard InChI is InChI=1S/C11H24/c1-6-11(10(4)5)8-7-9(2)3/h9-11H,6-8H2,1-5H3/t11-/m1/s1. The highest BCUT2D eigenvalue weighted by Gasteiger charge is 2.10. The molecule has 0 fully saturated rings. The summed E-state index contributed by atoms with van der Waals surface area (Å²) in [5, 5.41) is 0. The highest BCUT2D eigenvalue weighted by atomic mass is 14.2. The van der Waals surface area contributed by atoms with E-state index in [9.17, 15) is 0 Å². The number of hydrogen-bond donors (Lipinski definition) is 0. The smallest absolute Gasteiger partial charge is 0.0394 e. The average Bonchev–Trinajstić information content (AvgIpc) is 1.87. The Morgan fingerprint density at radius 2 is 1.45 bits per heavy atom. The molecule has 0 aromatic rings. The van der Waals surface area contributed by atoms with Gasteiger partial charge in [-0.05, 0) is 24.2 Å². The van der Waals surface area contributed by atoms with Crippen molar-refractivity contribution in [2.45, 2.75) is 53.9 Å². The van der Waals surface area contributed by atoms with Gasteiger partial charge in [0.25, 0.3) is 0 Å². The molecule has 0 rings (SSSR count). The number of hydrogen-bond acceptors (Lipinski definition) is 0. The molecule has 0 heteroatoms. The van der Waals surface area contributed by atoms with Crippen LogP contribution < -0.4 is 0 Å². The van der Waals surface area contributed by atoms with Gasteiger partial charge >= 0.3 is 0 Å². The molecule has 1 atom stereocenters. The Morgan fingerprint density at radius 3 is 1.73 bits per heavy atom. The molecular weight excluding hydrogens is 132 g/mol. The van der Waals surface area contributed by atoms with Crippen LogP contribution in [0.2, 0.25) is 0 Å². The second-order valence-electron chi connectivity index (χ2n) is 4.38. The Morgan fingerprint density at radius 1 is 0.909 bits per heavy atom. The van der Waals surface area contributed by atoms with Gasteiger partial charge in [0, 0.05) is 0 Å². The van der Waals surface area contributed by atoms with Crippen molar-refractivity contribution in [1.29, 1.82) is 0 Å². The lowest BCUT2D eigenvalue weighted by molar-refractivity contribution is 0.322. The minimum absolute atomic E-state index is 0.874. The molecule has 0 saturated heterocycles. The summed E-state index contributed by atoms with van der Waals surface area (Å²) in [6, 6.07) is 0. The fraction of sp³-hybridized carbons (Fsp3) is 1.00. The van der Waals surface area contributed by atoms with E-state index < -0.39 is 0 Å². The Labute approximate surface area is 72.4 Å². The van der Waals surface area contributed by atoms with Gasteiger partial charge in [0.2, 0.25) is 0 Å². The van der Waals surface area contributed by atoms with Crippen LogP contribution in [0.1, 0.15) is 53.9 Å². The highest BCUT2D eigenvalue weighted by Crippen LogP contribution is 2.22. The lowest BCUT2D eigenvalue weighted by atomic mass is 9.87. The van der Waals surface area contributed by atoms with Gasteiger partial charge in [-0.15, -0.1) is 0 Å². The van der Waals surface area contributed by atoms with Crippen molar-refractivity contribution in [2.24, 2.45) is 17.8 Å². The van der Waals surface area contributed by atoms with E-state index in [2.05, 4.69) is 34.6 Å². The molecule has 0 aliphatic carbocycles. The lowest BCUT2D eigenvalue weighted by Crippen LogP contribution is -2.08. The third-order valence-electron chi connectivity index (χ3n) is 2.58. The van der Waals surface area contributed by atoms with Crippen LogP contribution >= 0.6 is 0 Å². The van der Waals surface area contributed by atoms with E-state index in [1.807, 2.05) is 0 Å². The van der Waals surface area contributed by atoms with Gasteiger partial charge < -0.3 is 0 Å². The van der Waals surface area contributed by atoms with Gasteiger partial charge in [-0.2, -0.15) is 0 Å². The maximum Gasteiger partial charge on any atom is -0.0394 e. The summed E-state index contributed by atoms with van der Waals surface area (Å²) in [5.41, 5.74) is 0. The fourth-order valence-corrected chi connectivity index (χ4v) is 1.56. The third kappa shape index (κ3) is 5.29. The van der Waals surface area contributed by atoms with E-state index in [0.29, 0.717) is 0 Å².